The van der Waals surface area contributed by atoms with Crippen LogP contribution in [-0.2, 0) is 22.7 Å². The highest BCUT2D eigenvalue weighted by atomic mass is 19.1. The van der Waals surface area contributed by atoms with Crippen molar-refractivity contribution in [2.75, 3.05) is 10.2 Å². The van der Waals surface area contributed by atoms with Crippen molar-refractivity contribution in [1.82, 2.24) is 9.55 Å². The van der Waals surface area contributed by atoms with Crippen molar-refractivity contribution in [1.29, 1.82) is 0 Å². The van der Waals surface area contributed by atoms with Gasteiger partial charge in [-0.2, -0.15) is 0 Å². The van der Waals surface area contributed by atoms with Crippen LogP contribution in [0.3, 0.4) is 0 Å². The second-order valence-corrected chi connectivity index (χ2v) is 8.23. The van der Waals surface area contributed by atoms with Crippen LogP contribution in [0.2, 0.25) is 0 Å². The lowest BCUT2D eigenvalue weighted by Gasteiger charge is -2.21. The SMILES string of the molecule is CC(=O)c1ccc(NC(=O)Cn2c(=O)c(N(Cc3ccc(F)cc3)C(C)=O)nc3ccccc32)cc1. The zero-order valence-corrected chi connectivity index (χ0v) is 19.7. The number of hydrogen-bond acceptors (Lipinski definition) is 5. The average molecular weight is 487 g/mol. The monoisotopic (exact) mass is 486 g/mol. The number of carbonyl (C=O) groups is 3. The largest absolute Gasteiger partial charge is 0.325 e. The van der Waals surface area contributed by atoms with E-state index in [1.165, 1.54) is 47.6 Å². The van der Waals surface area contributed by atoms with E-state index in [2.05, 4.69) is 10.3 Å². The topological polar surface area (TPSA) is 101 Å². The Bertz CT molecular complexity index is 1510. The maximum Gasteiger partial charge on any atom is 0.294 e. The van der Waals surface area contributed by atoms with Crippen molar-refractivity contribution in [2.24, 2.45) is 0 Å². The molecule has 0 bridgehead atoms. The lowest BCUT2D eigenvalue weighted by Crippen LogP contribution is -2.38. The molecule has 3 aromatic carbocycles. The average Bonchev–Trinajstić information content (AvgIpc) is 2.85. The summed E-state index contributed by atoms with van der Waals surface area (Å²) in [4.78, 5) is 56.0. The van der Waals surface area contributed by atoms with Crippen LogP contribution < -0.4 is 15.8 Å². The van der Waals surface area contributed by atoms with E-state index in [1.54, 1.807) is 48.5 Å². The van der Waals surface area contributed by atoms with Crippen molar-refractivity contribution in [3.63, 3.8) is 0 Å². The smallest absolute Gasteiger partial charge is 0.294 e. The molecular weight excluding hydrogens is 463 g/mol. The Labute approximate surface area is 206 Å². The minimum Gasteiger partial charge on any atom is -0.325 e. The molecule has 182 valence electrons. The number of anilines is 2. The molecule has 1 N–H and O–H groups in total. The Morgan fingerprint density at radius 2 is 1.61 bits per heavy atom. The Balaban J connectivity index is 1.69. The van der Waals surface area contributed by atoms with Gasteiger partial charge in [-0.05, 0) is 61.0 Å². The van der Waals surface area contributed by atoms with E-state index in [-0.39, 0.29) is 24.7 Å². The quantitative estimate of drug-likeness (QED) is 0.399. The van der Waals surface area contributed by atoms with Gasteiger partial charge in [-0.1, -0.05) is 24.3 Å². The number of halogens is 1. The summed E-state index contributed by atoms with van der Waals surface area (Å²) < 4.78 is 14.6. The highest BCUT2D eigenvalue weighted by molar-refractivity contribution is 5.96. The number of para-hydroxylation sites is 2. The Morgan fingerprint density at radius 1 is 0.944 bits per heavy atom. The number of rotatable bonds is 7. The second-order valence-electron chi connectivity index (χ2n) is 8.23. The molecule has 0 radical (unpaired) electrons. The Kier molecular flexibility index (Phi) is 7.00. The molecule has 36 heavy (non-hydrogen) atoms. The van der Waals surface area contributed by atoms with Gasteiger partial charge in [-0.3, -0.25) is 28.6 Å². The van der Waals surface area contributed by atoms with E-state index in [0.717, 1.165) is 0 Å². The summed E-state index contributed by atoms with van der Waals surface area (Å²) in [6, 6.07) is 18.8. The fourth-order valence-electron chi connectivity index (χ4n) is 3.75. The van der Waals surface area contributed by atoms with Crippen molar-refractivity contribution >= 4 is 40.1 Å². The second kappa shape index (κ2) is 10.3. The van der Waals surface area contributed by atoms with Crippen molar-refractivity contribution in [3.05, 3.63) is 100 Å². The lowest BCUT2D eigenvalue weighted by molar-refractivity contribution is -0.117. The first kappa shape index (κ1) is 24.5. The predicted octanol–water partition coefficient (Wildman–Crippen LogP) is 3.93. The molecule has 0 saturated heterocycles. The van der Waals surface area contributed by atoms with Crippen LogP contribution in [0, 0.1) is 5.82 Å². The first-order chi connectivity index (χ1) is 17.2. The van der Waals surface area contributed by atoms with Gasteiger partial charge in [0.25, 0.3) is 5.56 Å². The molecule has 2 amide bonds. The molecule has 0 aliphatic rings. The van der Waals surface area contributed by atoms with Gasteiger partial charge < -0.3 is 5.32 Å². The number of carbonyl (C=O) groups excluding carboxylic acids is 3. The Morgan fingerprint density at radius 3 is 2.25 bits per heavy atom. The van der Waals surface area contributed by atoms with Crippen LogP contribution in [0.4, 0.5) is 15.9 Å². The summed E-state index contributed by atoms with van der Waals surface area (Å²) >= 11 is 0. The summed E-state index contributed by atoms with van der Waals surface area (Å²) in [5.41, 5.74) is 1.83. The number of aromatic nitrogens is 2. The molecule has 9 heteroatoms. The third kappa shape index (κ3) is 5.35. The molecule has 1 aromatic heterocycles. The molecular formula is C27H23FN4O4. The molecule has 0 spiro atoms. The van der Waals surface area contributed by atoms with Crippen LogP contribution in [0.15, 0.2) is 77.6 Å². The number of fused-ring (bicyclic) bond motifs is 1. The van der Waals surface area contributed by atoms with E-state index in [9.17, 15) is 23.6 Å². The summed E-state index contributed by atoms with van der Waals surface area (Å²) in [7, 11) is 0. The fraction of sp³-hybridized carbons (Fsp3) is 0.148. The summed E-state index contributed by atoms with van der Waals surface area (Å²) in [5, 5.41) is 2.72. The van der Waals surface area contributed by atoms with Crippen molar-refractivity contribution in [2.45, 2.75) is 26.9 Å². The fourth-order valence-corrected chi connectivity index (χ4v) is 3.75. The van der Waals surface area contributed by atoms with Gasteiger partial charge in [-0.25, -0.2) is 9.37 Å². The molecule has 4 aromatic rings. The zero-order valence-electron chi connectivity index (χ0n) is 19.7. The normalized spacial score (nSPS) is 10.8. The third-order valence-electron chi connectivity index (χ3n) is 5.60. The summed E-state index contributed by atoms with van der Waals surface area (Å²) in [6.07, 6.45) is 0. The van der Waals surface area contributed by atoms with Crippen LogP contribution in [-0.4, -0.2) is 27.1 Å². The van der Waals surface area contributed by atoms with E-state index < -0.39 is 23.2 Å². The van der Waals surface area contributed by atoms with Gasteiger partial charge in [0.1, 0.15) is 12.4 Å². The van der Waals surface area contributed by atoms with Gasteiger partial charge in [0.15, 0.2) is 5.78 Å². The number of nitrogens with zero attached hydrogens (tertiary/aromatic N) is 3. The molecule has 0 aliphatic carbocycles. The minimum atomic E-state index is -0.618. The van der Waals surface area contributed by atoms with E-state index in [1.807, 2.05) is 0 Å². The summed E-state index contributed by atoms with van der Waals surface area (Å²) in [6.45, 7) is 2.44. The maximum absolute atomic E-state index is 13.5. The lowest BCUT2D eigenvalue weighted by atomic mass is 10.1. The number of ketones is 1. The Hall–Kier alpha value is -4.66. The molecule has 8 nitrogen and oxygen atoms in total. The number of Topliss-reactive ketones (excluding diaryl/α,β-unsaturated/α-hetero) is 1. The van der Waals surface area contributed by atoms with Crippen LogP contribution in [0.25, 0.3) is 11.0 Å². The van der Waals surface area contributed by atoms with Gasteiger partial charge in [-0.15, -0.1) is 0 Å². The third-order valence-corrected chi connectivity index (χ3v) is 5.60. The highest BCUT2D eigenvalue weighted by Crippen LogP contribution is 2.18. The molecule has 0 saturated carbocycles. The van der Waals surface area contributed by atoms with E-state index in [0.29, 0.717) is 27.8 Å². The molecule has 0 fully saturated rings. The van der Waals surface area contributed by atoms with Crippen LogP contribution >= 0.6 is 0 Å². The number of nitrogens with one attached hydrogen (secondary N) is 1. The molecule has 4 rings (SSSR count). The minimum absolute atomic E-state index is 0.00485. The standard InChI is InChI=1S/C27H23FN4O4/c1-17(33)20-9-13-22(14-10-20)29-25(35)16-32-24-6-4-3-5-23(24)30-26(27(32)36)31(18(2)34)15-19-7-11-21(28)12-8-19/h3-14H,15-16H2,1-2H3,(H,29,35). The van der Waals surface area contributed by atoms with Crippen molar-refractivity contribution < 1.29 is 18.8 Å². The predicted molar refractivity (Wildman–Crippen MR) is 134 cm³/mol. The van der Waals surface area contributed by atoms with Gasteiger partial charge in [0.05, 0.1) is 17.6 Å². The number of hydrogen-bond donors (Lipinski definition) is 1. The first-order valence-electron chi connectivity index (χ1n) is 11.2. The molecule has 0 atom stereocenters. The van der Waals surface area contributed by atoms with E-state index in [4.69, 9.17) is 0 Å². The molecule has 0 aliphatic heterocycles. The van der Waals surface area contributed by atoms with E-state index >= 15 is 0 Å². The van der Waals surface area contributed by atoms with Crippen LogP contribution in [0.5, 0.6) is 0 Å². The number of amides is 2. The van der Waals surface area contributed by atoms with Crippen molar-refractivity contribution in [3.8, 4) is 0 Å². The van der Waals surface area contributed by atoms with Gasteiger partial charge in [0.2, 0.25) is 17.6 Å². The van der Waals surface area contributed by atoms with Crippen LogP contribution in [0.1, 0.15) is 29.8 Å². The summed E-state index contributed by atoms with van der Waals surface area (Å²) in [5.74, 6) is -1.54. The molecule has 1 heterocycles. The highest BCUT2D eigenvalue weighted by Gasteiger charge is 2.22. The first-order valence-corrected chi connectivity index (χ1v) is 11.2. The number of benzene rings is 3. The zero-order chi connectivity index (χ0) is 25.8. The maximum atomic E-state index is 13.5. The van der Waals surface area contributed by atoms with Gasteiger partial charge in [0, 0.05) is 18.2 Å². The van der Waals surface area contributed by atoms with Gasteiger partial charge >= 0.3 is 0 Å². The molecule has 0 unspecified atom stereocenters.